The predicted octanol–water partition coefficient (Wildman–Crippen LogP) is 8.11. The number of ether oxygens (including phenoxy) is 3. The third kappa shape index (κ3) is 14.5. The number of sulfonamides is 1. The maximum Gasteiger partial charge on any atom is 0.410 e. The van der Waals surface area contributed by atoms with Crippen LogP contribution >= 0.6 is 0 Å². The molecule has 1 heterocycles. The van der Waals surface area contributed by atoms with Crippen molar-refractivity contribution < 1.29 is 36.6 Å². The number of halogens is 1. The van der Waals surface area contributed by atoms with Gasteiger partial charge >= 0.3 is 12.1 Å². The van der Waals surface area contributed by atoms with Crippen LogP contribution in [0.3, 0.4) is 0 Å². The molecule has 1 N–H and O–H groups in total. The predicted molar refractivity (Wildman–Crippen MR) is 188 cm³/mol. The lowest BCUT2D eigenvalue weighted by Crippen LogP contribution is -2.32. The number of fused-ring (bicyclic) bond motifs is 1. The molecule has 2 aromatic rings. The molecule has 270 valence electrons. The Bertz CT molecular complexity index is 1380. The fourth-order valence-electron chi connectivity index (χ4n) is 4.88. The molecule has 0 aromatic heterocycles. The van der Waals surface area contributed by atoms with E-state index in [9.17, 15) is 22.4 Å². The minimum absolute atomic E-state index is 0.0237. The van der Waals surface area contributed by atoms with Gasteiger partial charge in [0.15, 0.2) is 0 Å². The number of rotatable bonds is 8. The Kier molecular flexibility index (Phi) is 16.8. The lowest BCUT2D eigenvalue weighted by atomic mass is 10.0. The van der Waals surface area contributed by atoms with Crippen molar-refractivity contribution in [2.75, 3.05) is 7.11 Å². The van der Waals surface area contributed by atoms with E-state index in [0.29, 0.717) is 24.6 Å². The average Bonchev–Trinajstić information content (AvgIpc) is 3.59. The van der Waals surface area contributed by atoms with Gasteiger partial charge in [0.1, 0.15) is 17.7 Å². The molecular formula is C37H57FN2O7S. The van der Waals surface area contributed by atoms with Gasteiger partial charge in [0.05, 0.1) is 30.9 Å². The first-order chi connectivity index (χ1) is 22.5. The van der Waals surface area contributed by atoms with Crippen molar-refractivity contribution in [2.24, 2.45) is 5.92 Å². The van der Waals surface area contributed by atoms with Crippen LogP contribution in [0.5, 0.6) is 5.75 Å². The zero-order valence-electron chi connectivity index (χ0n) is 30.3. The Morgan fingerprint density at radius 3 is 1.94 bits per heavy atom. The largest absolute Gasteiger partial charge is 0.497 e. The van der Waals surface area contributed by atoms with Crippen molar-refractivity contribution >= 4 is 22.1 Å². The molecule has 1 aliphatic heterocycles. The summed E-state index contributed by atoms with van der Waals surface area (Å²) in [7, 11) is -1.25. The highest BCUT2D eigenvalue weighted by Gasteiger charge is 2.35. The first kappa shape index (κ1) is 41.0. The maximum atomic E-state index is 13.4. The second-order valence-electron chi connectivity index (χ2n) is 13.6. The van der Waals surface area contributed by atoms with Gasteiger partial charge < -0.3 is 14.2 Å². The van der Waals surface area contributed by atoms with E-state index < -0.39 is 10.0 Å². The number of benzene rings is 2. The van der Waals surface area contributed by atoms with Crippen LogP contribution in [0, 0.1) is 11.7 Å². The van der Waals surface area contributed by atoms with E-state index in [4.69, 9.17) is 14.2 Å². The van der Waals surface area contributed by atoms with E-state index in [0.717, 1.165) is 37.0 Å². The number of methoxy groups -OCH3 is 1. The average molecular weight is 693 g/mol. The molecule has 2 fully saturated rings. The molecule has 11 heteroatoms. The fraction of sp³-hybridized carbons (Fsp3) is 0.622. The molecule has 0 radical (unpaired) electrons. The molecular weight excluding hydrogens is 635 g/mol. The minimum atomic E-state index is -2.94. The summed E-state index contributed by atoms with van der Waals surface area (Å²) < 4.78 is 53.5. The lowest BCUT2D eigenvalue weighted by molar-refractivity contribution is -0.152. The van der Waals surface area contributed by atoms with Crippen LogP contribution in [0.25, 0.3) is 0 Å². The number of nitrogens with one attached hydrogen (secondary N) is 1. The molecule has 5 rings (SSSR count). The van der Waals surface area contributed by atoms with Gasteiger partial charge in [-0.05, 0) is 101 Å². The highest BCUT2D eigenvalue weighted by atomic mass is 32.2. The number of hydrogen-bond acceptors (Lipinski definition) is 7. The van der Waals surface area contributed by atoms with E-state index in [2.05, 4.69) is 30.7 Å². The summed E-state index contributed by atoms with van der Waals surface area (Å²) in [4.78, 5) is 24.2. The molecule has 0 bridgehead atoms. The molecule has 0 spiro atoms. The van der Waals surface area contributed by atoms with Crippen molar-refractivity contribution in [3.05, 3.63) is 65.0 Å². The quantitative estimate of drug-likeness (QED) is 0.278. The van der Waals surface area contributed by atoms with Crippen molar-refractivity contribution in [3.63, 3.8) is 0 Å². The van der Waals surface area contributed by atoms with E-state index in [-0.39, 0.29) is 47.3 Å². The number of carbonyl (C=O) groups excluding carboxylic acids is 2. The van der Waals surface area contributed by atoms with E-state index >= 15 is 0 Å². The highest BCUT2D eigenvalue weighted by molar-refractivity contribution is 7.90. The first-order valence-corrected chi connectivity index (χ1v) is 18.7. The Balaban J connectivity index is 0.000000227. The summed E-state index contributed by atoms with van der Waals surface area (Å²) in [5.74, 6) is 1.25. The zero-order valence-corrected chi connectivity index (χ0v) is 31.1. The number of nitrogens with zero attached hydrogens (tertiary/aromatic N) is 1. The van der Waals surface area contributed by atoms with Gasteiger partial charge in [0.2, 0.25) is 10.0 Å². The topological polar surface area (TPSA) is 111 Å². The zero-order chi connectivity index (χ0) is 36.0. The molecule has 0 unspecified atom stereocenters. The summed E-state index contributed by atoms with van der Waals surface area (Å²) >= 11 is 0. The lowest BCUT2D eigenvalue weighted by Gasteiger charge is -2.17. The molecule has 2 saturated carbocycles. The van der Waals surface area contributed by atoms with Crippen molar-refractivity contribution in [1.82, 2.24) is 9.62 Å². The van der Waals surface area contributed by atoms with Crippen molar-refractivity contribution in [3.8, 4) is 5.75 Å². The number of amides is 1. The maximum absolute atomic E-state index is 13.4. The van der Waals surface area contributed by atoms with E-state index in [1.165, 1.54) is 29.4 Å². The van der Waals surface area contributed by atoms with Crippen LogP contribution in [-0.4, -0.2) is 56.0 Å². The third-order valence-electron chi connectivity index (χ3n) is 7.72. The monoisotopic (exact) mass is 692 g/mol. The van der Waals surface area contributed by atoms with Crippen LogP contribution in [0.15, 0.2) is 42.5 Å². The van der Waals surface area contributed by atoms with Crippen LogP contribution < -0.4 is 9.46 Å². The smallest absolute Gasteiger partial charge is 0.410 e. The molecule has 2 aliphatic carbocycles. The van der Waals surface area contributed by atoms with Gasteiger partial charge in [0.25, 0.3) is 0 Å². The normalized spacial score (nSPS) is 15.6. The number of hydrogen-bond donors (Lipinski definition) is 1. The van der Waals surface area contributed by atoms with Gasteiger partial charge in [-0.25, -0.2) is 22.3 Å². The molecule has 48 heavy (non-hydrogen) atoms. The molecule has 1 amide bonds. The SMILES string of the molecule is CC(C)C(=O)OC1CCCC1.CC(C)NS(=O)(=O)C1CC1.CC(C)OC(=O)N1Cc2cccc(F)c2C1.COc1ccc(C(C)C)cc1. The molecule has 2 aromatic carbocycles. The summed E-state index contributed by atoms with van der Waals surface area (Å²) in [5, 5.41) is -0.0881. The number of carbonyl (C=O) groups is 2. The summed E-state index contributed by atoms with van der Waals surface area (Å²) in [5.41, 5.74) is 2.81. The molecule has 3 aliphatic rings. The molecule has 0 atom stereocenters. The highest BCUT2D eigenvalue weighted by Crippen LogP contribution is 2.28. The summed E-state index contributed by atoms with van der Waals surface area (Å²) in [6.45, 7) is 16.1. The van der Waals surface area contributed by atoms with Crippen molar-refractivity contribution in [2.45, 2.75) is 136 Å². The van der Waals surface area contributed by atoms with Crippen LogP contribution in [0.2, 0.25) is 0 Å². The molecule has 9 nitrogen and oxygen atoms in total. The second kappa shape index (κ2) is 19.7. The van der Waals surface area contributed by atoms with E-state index in [1.807, 2.05) is 45.9 Å². The van der Waals surface area contributed by atoms with E-state index in [1.54, 1.807) is 27.0 Å². The van der Waals surface area contributed by atoms with Gasteiger partial charge in [0, 0.05) is 18.2 Å². The fourth-order valence-corrected chi connectivity index (χ4v) is 6.49. The van der Waals surface area contributed by atoms with Gasteiger partial charge in [-0.15, -0.1) is 0 Å². The summed E-state index contributed by atoms with van der Waals surface area (Å²) in [6, 6.07) is 13.1. The number of esters is 1. The Morgan fingerprint density at radius 1 is 0.875 bits per heavy atom. The Morgan fingerprint density at radius 2 is 1.48 bits per heavy atom. The summed E-state index contributed by atoms with van der Waals surface area (Å²) in [6.07, 6.45) is 5.93. The van der Waals surface area contributed by atoms with Gasteiger partial charge in [-0.1, -0.05) is 52.0 Å². The Labute approximate surface area is 288 Å². The van der Waals surface area contributed by atoms with Crippen molar-refractivity contribution in [1.29, 1.82) is 0 Å². The second-order valence-corrected chi connectivity index (χ2v) is 15.6. The van der Waals surface area contributed by atoms with Crippen LogP contribution in [0.1, 0.15) is 117 Å². The standard InChI is InChI=1S/C12H14FNO2.C10H14O.C9H16O2.C6H13NO2S/c1-8(2)16-12(15)14-6-9-4-3-5-11(13)10(9)7-14;1-8(2)9-4-6-10(11-3)7-5-9;1-7(2)9(10)11-8-5-3-4-6-8;1-5(2)7-10(8,9)6-3-4-6/h3-5,8H,6-7H2,1-2H3;4-8H,1-3H3;7-8H,3-6H2,1-2H3;5-7H,3-4H2,1-2H3. The van der Waals surface area contributed by atoms with Crippen LogP contribution in [-0.2, 0) is 37.4 Å². The molecule has 0 saturated heterocycles. The Hall–Kier alpha value is -3.18. The minimum Gasteiger partial charge on any atom is -0.497 e. The van der Waals surface area contributed by atoms with Crippen LogP contribution in [0.4, 0.5) is 9.18 Å². The van der Waals surface area contributed by atoms with Gasteiger partial charge in [-0.3, -0.25) is 9.69 Å². The van der Waals surface area contributed by atoms with Gasteiger partial charge in [-0.2, -0.15) is 0 Å². The third-order valence-corrected chi connectivity index (χ3v) is 9.87. The first-order valence-electron chi connectivity index (χ1n) is 17.1.